The minimum atomic E-state index is -0.772. The summed E-state index contributed by atoms with van der Waals surface area (Å²) in [4.78, 5) is 13.8. The van der Waals surface area contributed by atoms with Gasteiger partial charge in [-0.25, -0.2) is 0 Å². The van der Waals surface area contributed by atoms with Crippen LogP contribution in [0.4, 0.5) is 5.69 Å². The van der Waals surface area contributed by atoms with Gasteiger partial charge in [-0.15, -0.1) is 0 Å². The summed E-state index contributed by atoms with van der Waals surface area (Å²) in [5.74, 6) is -0.772. The van der Waals surface area contributed by atoms with Gasteiger partial charge in [0, 0.05) is 23.3 Å². The molecule has 2 unspecified atom stereocenters. The first kappa shape index (κ1) is 26.7. The summed E-state index contributed by atoms with van der Waals surface area (Å²) < 4.78 is 0. The van der Waals surface area contributed by atoms with Crippen molar-refractivity contribution in [1.82, 2.24) is 0 Å². The van der Waals surface area contributed by atoms with Crippen molar-refractivity contribution in [3.63, 3.8) is 0 Å². The molecule has 5 rings (SSSR count). The van der Waals surface area contributed by atoms with E-state index in [1.165, 1.54) is 38.4 Å². The molecular formula is C36H39NO2. The number of anilines is 1. The molecule has 0 saturated carbocycles. The number of carboxylic acids is 1. The molecule has 2 atom stereocenters. The minimum Gasteiger partial charge on any atom is -0.481 e. The fraction of sp³-hybridized carbons (Fsp3) is 0.306. The Morgan fingerprint density at radius 2 is 1.59 bits per heavy atom. The summed E-state index contributed by atoms with van der Waals surface area (Å²) in [6.45, 7) is 9.63. The number of benzene rings is 4. The maximum Gasteiger partial charge on any atom is 0.305 e. The van der Waals surface area contributed by atoms with Gasteiger partial charge < -0.3 is 10.0 Å². The predicted molar refractivity (Wildman–Crippen MR) is 165 cm³/mol. The normalized spacial score (nSPS) is 19.7. The number of carboxylic acid groups (broad SMARTS) is 1. The highest BCUT2D eigenvalue weighted by molar-refractivity contribution is 5.95. The Morgan fingerprint density at radius 3 is 2.28 bits per heavy atom. The van der Waals surface area contributed by atoms with Crippen LogP contribution in [-0.2, 0) is 15.6 Å². The molecule has 0 fully saturated rings. The highest BCUT2D eigenvalue weighted by Crippen LogP contribution is 2.52. The molecule has 1 aliphatic rings. The lowest BCUT2D eigenvalue weighted by atomic mass is 9.75. The zero-order valence-electron chi connectivity index (χ0n) is 23.6. The van der Waals surface area contributed by atoms with Crippen molar-refractivity contribution < 1.29 is 9.90 Å². The van der Waals surface area contributed by atoms with Crippen molar-refractivity contribution in [2.45, 2.75) is 64.2 Å². The van der Waals surface area contributed by atoms with Gasteiger partial charge in [0.2, 0.25) is 0 Å². The number of nitrogens with zero attached hydrogens (tertiary/aromatic N) is 1. The van der Waals surface area contributed by atoms with Gasteiger partial charge in [-0.2, -0.15) is 0 Å². The summed E-state index contributed by atoms with van der Waals surface area (Å²) >= 11 is 0. The van der Waals surface area contributed by atoms with Crippen LogP contribution in [0.15, 0.2) is 103 Å². The number of fused-ring (bicyclic) bond motifs is 4. The molecule has 0 spiro atoms. The standard InChI is InChI=1S/C36H39NO2/c1-5-35(3,30-19-13-16-26-14-7-9-17-28(26)30)24-12-11-20-32-36(4,6-2)34-29-18-10-8-15-27(29)21-22-31(34)37(32)25-23-33(38)39/h7-22H,5-6,23-25H2,1-4H3,(H,38,39)/b12-11+,32-20+. The summed E-state index contributed by atoms with van der Waals surface area (Å²) in [5, 5.41) is 14.6. The van der Waals surface area contributed by atoms with Crippen LogP contribution in [0.2, 0.25) is 0 Å². The van der Waals surface area contributed by atoms with E-state index in [0.717, 1.165) is 24.9 Å². The molecule has 1 heterocycles. The lowest BCUT2D eigenvalue weighted by molar-refractivity contribution is -0.136. The van der Waals surface area contributed by atoms with Gasteiger partial charge in [0.1, 0.15) is 0 Å². The largest absolute Gasteiger partial charge is 0.481 e. The first-order valence-corrected chi connectivity index (χ1v) is 14.2. The molecule has 0 aromatic heterocycles. The summed E-state index contributed by atoms with van der Waals surface area (Å²) in [6, 6.07) is 28.2. The van der Waals surface area contributed by atoms with Gasteiger partial charge in [-0.1, -0.05) is 106 Å². The van der Waals surface area contributed by atoms with E-state index in [-0.39, 0.29) is 17.3 Å². The first-order chi connectivity index (χ1) is 18.8. The van der Waals surface area contributed by atoms with E-state index in [1.807, 2.05) is 0 Å². The molecule has 0 radical (unpaired) electrons. The third kappa shape index (κ3) is 4.76. The van der Waals surface area contributed by atoms with Crippen LogP contribution in [0.5, 0.6) is 0 Å². The Bertz CT molecular complexity index is 1580. The maximum absolute atomic E-state index is 11.6. The second-order valence-corrected chi connectivity index (χ2v) is 11.3. The fourth-order valence-corrected chi connectivity index (χ4v) is 6.38. The molecule has 0 amide bonds. The van der Waals surface area contributed by atoms with Gasteiger partial charge in [0.05, 0.1) is 6.42 Å². The van der Waals surface area contributed by atoms with Gasteiger partial charge in [-0.05, 0) is 76.4 Å². The molecule has 200 valence electrons. The SMILES string of the molecule is CCC(C)(C/C=C/C=C1/N(CCC(=O)O)c2ccc3ccccc3c2C1(C)CC)c1cccc2ccccc12. The molecule has 0 saturated heterocycles. The minimum absolute atomic E-state index is 0.0156. The van der Waals surface area contributed by atoms with Crippen LogP contribution in [0.25, 0.3) is 21.5 Å². The molecule has 39 heavy (non-hydrogen) atoms. The molecule has 4 aromatic carbocycles. The average Bonchev–Trinajstić information content (AvgIpc) is 3.21. The Labute approximate surface area is 232 Å². The summed E-state index contributed by atoms with van der Waals surface area (Å²) in [5.41, 5.74) is 4.82. The third-order valence-electron chi connectivity index (χ3n) is 9.04. The van der Waals surface area contributed by atoms with E-state index in [4.69, 9.17) is 0 Å². The number of allylic oxidation sites excluding steroid dienone is 4. The number of hydrogen-bond donors (Lipinski definition) is 1. The highest BCUT2D eigenvalue weighted by atomic mass is 16.4. The van der Waals surface area contributed by atoms with Gasteiger partial charge in [0.25, 0.3) is 0 Å². The molecular weight excluding hydrogens is 478 g/mol. The quantitative estimate of drug-likeness (QED) is 0.241. The zero-order valence-corrected chi connectivity index (χ0v) is 23.6. The molecule has 4 aromatic rings. The Morgan fingerprint density at radius 1 is 0.923 bits per heavy atom. The van der Waals surface area contributed by atoms with Crippen molar-refractivity contribution in [3.05, 3.63) is 114 Å². The smallest absolute Gasteiger partial charge is 0.305 e. The average molecular weight is 518 g/mol. The van der Waals surface area contributed by atoms with Crippen molar-refractivity contribution in [2.75, 3.05) is 11.4 Å². The van der Waals surface area contributed by atoms with E-state index in [0.29, 0.717) is 6.54 Å². The van der Waals surface area contributed by atoms with Crippen LogP contribution in [0.1, 0.15) is 64.5 Å². The van der Waals surface area contributed by atoms with Crippen LogP contribution >= 0.6 is 0 Å². The van der Waals surface area contributed by atoms with E-state index in [1.54, 1.807) is 0 Å². The van der Waals surface area contributed by atoms with Crippen molar-refractivity contribution in [2.24, 2.45) is 0 Å². The number of aliphatic carboxylic acids is 1. The number of rotatable bonds is 9. The topological polar surface area (TPSA) is 40.5 Å². The molecule has 3 heteroatoms. The van der Waals surface area contributed by atoms with Crippen LogP contribution < -0.4 is 4.90 Å². The van der Waals surface area contributed by atoms with Crippen LogP contribution in [0.3, 0.4) is 0 Å². The summed E-state index contributed by atoms with van der Waals surface area (Å²) in [6.07, 6.45) is 9.72. The van der Waals surface area contributed by atoms with Crippen molar-refractivity contribution >= 4 is 33.2 Å². The maximum atomic E-state index is 11.6. The Kier molecular flexibility index (Phi) is 7.36. The monoisotopic (exact) mass is 517 g/mol. The van der Waals surface area contributed by atoms with E-state index >= 15 is 0 Å². The predicted octanol–water partition coefficient (Wildman–Crippen LogP) is 9.15. The van der Waals surface area contributed by atoms with Gasteiger partial charge in [-0.3, -0.25) is 4.79 Å². The third-order valence-corrected chi connectivity index (χ3v) is 9.04. The summed E-state index contributed by atoms with van der Waals surface area (Å²) in [7, 11) is 0. The van der Waals surface area contributed by atoms with E-state index in [2.05, 4.69) is 130 Å². The lowest BCUT2D eigenvalue weighted by Gasteiger charge is -2.30. The second kappa shape index (κ2) is 10.7. The lowest BCUT2D eigenvalue weighted by Crippen LogP contribution is -2.29. The van der Waals surface area contributed by atoms with Crippen LogP contribution in [-0.4, -0.2) is 17.6 Å². The molecule has 1 aliphatic heterocycles. The number of hydrogen-bond acceptors (Lipinski definition) is 2. The molecule has 1 N–H and O–H groups in total. The Hall–Kier alpha value is -3.85. The van der Waals surface area contributed by atoms with Crippen LogP contribution in [0, 0.1) is 0 Å². The number of carbonyl (C=O) groups is 1. The van der Waals surface area contributed by atoms with Gasteiger partial charge >= 0.3 is 5.97 Å². The highest BCUT2D eigenvalue weighted by Gasteiger charge is 2.43. The Balaban J connectivity index is 1.53. The zero-order chi connectivity index (χ0) is 27.6. The van der Waals surface area contributed by atoms with E-state index in [9.17, 15) is 9.90 Å². The van der Waals surface area contributed by atoms with Gasteiger partial charge in [0.15, 0.2) is 0 Å². The van der Waals surface area contributed by atoms with Crippen molar-refractivity contribution in [1.29, 1.82) is 0 Å². The molecule has 3 nitrogen and oxygen atoms in total. The molecule has 0 aliphatic carbocycles. The van der Waals surface area contributed by atoms with E-state index < -0.39 is 5.97 Å². The molecule has 0 bridgehead atoms. The first-order valence-electron chi connectivity index (χ1n) is 14.2. The van der Waals surface area contributed by atoms with Crippen molar-refractivity contribution in [3.8, 4) is 0 Å². The second-order valence-electron chi connectivity index (χ2n) is 11.3. The fourth-order valence-electron chi connectivity index (χ4n) is 6.38.